The van der Waals surface area contributed by atoms with Crippen LogP contribution in [0.3, 0.4) is 0 Å². The van der Waals surface area contributed by atoms with Crippen LogP contribution in [-0.4, -0.2) is 17.4 Å². The minimum absolute atomic E-state index is 0.0536. The molecule has 0 saturated heterocycles. The number of fused-ring (bicyclic) bond motifs is 1. The van der Waals surface area contributed by atoms with E-state index in [1.165, 1.54) is 29.0 Å². The van der Waals surface area contributed by atoms with Gasteiger partial charge >= 0.3 is 0 Å². The van der Waals surface area contributed by atoms with Crippen LogP contribution in [-0.2, 0) is 24.2 Å². The molecule has 0 N–H and O–H groups in total. The summed E-state index contributed by atoms with van der Waals surface area (Å²) in [6, 6.07) is 14.0. The van der Waals surface area contributed by atoms with Crippen molar-refractivity contribution in [1.82, 2.24) is 4.98 Å². The highest BCUT2D eigenvalue weighted by Gasteiger charge is 2.24. The second-order valence-corrected chi connectivity index (χ2v) is 7.02. The summed E-state index contributed by atoms with van der Waals surface area (Å²) >= 11 is 1.44. The maximum absolute atomic E-state index is 13.2. The van der Waals surface area contributed by atoms with Crippen molar-refractivity contribution in [3.05, 3.63) is 76.0 Å². The number of para-hydroxylation sites is 1. The van der Waals surface area contributed by atoms with Gasteiger partial charge in [-0.3, -0.25) is 4.79 Å². The molecule has 0 bridgehead atoms. The van der Waals surface area contributed by atoms with Crippen molar-refractivity contribution >= 4 is 22.9 Å². The first-order chi connectivity index (χ1) is 12.7. The number of carbonyl (C=O) groups excluding carboxylic acids is 1. The van der Waals surface area contributed by atoms with Gasteiger partial charge in [-0.2, -0.15) is 0 Å². The second kappa shape index (κ2) is 7.25. The minimum atomic E-state index is -0.334. The Balaban J connectivity index is 1.37. The third kappa shape index (κ3) is 3.60. The Morgan fingerprint density at radius 1 is 1.23 bits per heavy atom. The molecular formula is C20H17FN2O2S. The molecule has 0 radical (unpaired) electrons. The monoisotopic (exact) mass is 368 g/mol. The Hall–Kier alpha value is -2.73. The molecule has 0 saturated carbocycles. The van der Waals surface area contributed by atoms with Gasteiger partial charge in [0.1, 0.15) is 23.2 Å². The van der Waals surface area contributed by atoms with E-state index in [1.54, 1.807) is 12.1 Å². The first kappa shape index (κ1) is 16.7. The lowest BCUT2D eigenvalue weighted by molar-refractivity contribution is -0.117. The largest absolute Gasteiger partial charge is 0.486 e. The molecule has 0 aliphatic carbocycles. The molecule has 132 valence electrons. The van der Waals surface area contributed by atoms with Crippen LogP contribution in [0.15, 0.2) is 53.9 Å². The van der Waals surface area contributed by atoms with E-state index in [0.29, 0.717) is 5.75 Å². The fraction of sp³-hybridized carbons (Fsp3) is 0.200. The second-order valence-electron chi connectivity index (χ2n) is 6.08. The fourth-order valence-electron chi connectivity index (χ4n) is 3.05. The zero-order valence-electron chi connectivity index (χ0n) is 14.0. The smallest absolute Gasteiger partial charge is 0.233 e. The maximum atomic E-state index is 13.2. The van der Waals surface area contributed by atoms with E-state index < -0.39 is 0 Å². The number of rotatable bonds is 5. The van der Waals surface area contributed by atoms with Crippen LogP contribution in [0.2, 0.25) is 0 Å². The van der Waals surface area contributed by atoms with E-state index in [1.807, 2.05) is 28.5 Å². The molecule has 1 amide bonds. The van der Waals surface area contributed by atoms with Crippen LogP contribution >= 0.6 is 11.3 Å². The Morgan fingerprint density at radius 2 is 2.12 bits per heavy atom. The van der Waals surface area contributed by atoms with E-state index in [0.717, 1.165) is 29.4 Å². The average molecular weight is 368 g/mol. The highest BCUT2D eigenvalue weighted by atomic mass is 32.1. The van der Waals surface area contributed by atoms with Crippen LogP contribution in [0.5, 0.6) is 5.75 Å². The van der Waals surface area contributed by atoms with E-state index in [9.17, 15) is 9.18 Å². The molecule has 3 aromatic rings. The summed E-state index contributed by atoms with van der Waals surface area (Å²) in [4.78, 5) is 18.9. The van der Waals surface area contributed by atoms with Crippen molar-refractivity contribution in [3.8, 4) is 5.75 Å². The van der Waals surface area contributed by atoms with Crippen molar-refractivity contribution in [2.45, 2.75) is 19.4 Å². The van der Waals surface area contributed by atoms with Crippen LogP contribution < -0.4 is 9.64 Å². The summed E-state index contributed by atoms with van der Waals surface area (Å²) < 4.78 is 18.7. The molecular weight excluding hydrogens is 351 g/mol. The molecule has 2 heterocycles. The lowest BCUT2D eigenvalue weighted by atomic mass is 10.2. The van der Waals surface area contributed by atoms with Crippen LogP contribution in [0.25, 0.3) is 0 Å². The molecule has 0 fully saturated rings. The number of benzene rings is 2. The number of hydrogen-bond acceptors (Lipinski definition) is 4. The summed E-state index contributed by atoms with van der Waals surface area (Å²) in [7, 11) is 0. The standard InChI is InChI=1S/C20H17FN2O2S/c21-15-5-3-6-17(10-15)25-12-19-22-16(13-26-19)11-20(24)23-9-8-14-4-1-2-7-18(14)23/h1-7,10,13H,8-9,11-12H2. The number of carbonyl (C=O) groups is 1. The number of aromatic nitrogens is 1. The number of hydrogen-bond donors (Lipinski definition) is 0. The predicted octanol–water partition coefficient (Wildman–Crippen LogP) is 3.99. The molecule has 0 spiro atoms. The fourth-order valence-corrected chi connectivity index (χ4v) is 3.75. The van der Waals surface area contributed by atoms with Crippen molar-refractivity contribution in [2.24, 2.45) is 0 Å². The van der Waals surface area contributed by atoms with Crippen molar-refractivity contribution in [1.29, 1.82) is 0 Å². The molecule has 1 aromatic heterocycles. The molecule has 4 rings (SSSR count). The number of ether oxygens (including phenoxy) is 1. The maximum Gasteiger partial charge on any atom is 0.233 e. The molecule has 6 heteroatoms. The summed E-state index contributed by atoms with van der Waals surface area (Å²) in [5.74, 6) is 0.183. The zero-order chi connectivity index (χ0) is 17.9. The molecule has 26 heavy (non-hydrogen) atoms. The Morgan fingerprint density at radius 3 is 3.00 bits per heavy atom. The number of thiazole rings is 1. The van der Waals surface area contributed by atoms with Crippen molar-refractivity contribution in [2.75, 3.05) is 11.4 Å². The third-order valence-electron chi connectivity index (χ3n) is 4.28. The number of halogens is 1. The summed E-state index contributed by atoms with van der Waals surface area (Å²) in [5.41, 5.74) is 2.95. The Labute approximate surface area is 154 Å². The van der Waals surface area contributed by atoms with E-state index in [2.05, 4.69) is 11.1 Å². The zero-order valence-corrected chi connectivity index (χ0v) is 14.8. The van der Waals surface area contributed by atoms with Gasteiger partial charge in [-0.25, -0.2) is 9.37 Å². The quantitative estimate of drug-likeness (QED) is 0.684. The number of amides is 1. The van der Waals surface area contributed by atoms with Gasteiger partial charge in [-0.1, -0.05) is 24.3 Å². The highest BCUT2D eigenvalue weighted by Crippen LogP contribution is 2.28. The SMILES string of the molecule is O=C(Cc1csc(COc2cccc(F)c2)n1)N1CCc2ccccc21. The van der Waals surface area contributed by atoms with Gasteiger partial charge in [0, 0.05) is 23.7 Å². The summed E-state index contributed by atoms with van der Waals surface area (Å²) in [5, 5.41) is 2.64. The molecule has 2 aromatic carbocycles. The summed E-state index contributed by atoms with van der Waals surface area (Å²) in [6.45, 7) is 0.979. The van der Waals surface area contributed by atoms with E-state index in [4.69, 9.17) is 4.74 Å². The normalized spacial score (nSPS) is 12.9. The van der Waals surface area contributed by atoms with E-state index >= 15 is 0 Å². The first-order valence-corrected chi connectivity index (χ1v) is 9.27. The third-order valence-corrected chi connectivity index (χ3v) is 5.15. The average Bonchev–Trinajstić information content (AvgIpc) is 3.26. The molecule has 1 aliphatic heterocycles. The van der Waals surface area contributed by atoms with Gasteiger partial charge < -0.3 is 9.64 Å². The minimum Gasteiger partial charge on any atom is -0.486 e. The van der Waals surface area contributed by atoms with Crippen molar-refractivity contribution < 1.29 is 13.9 Å². The van der Waals surface area contributed by atoms with Crippen LogP contribution in [0, 0.1) is 5.82 Å². The molecule has 1 aliphatic rings. The highest BCUT2D eigenvalue weighted by molar-refractivity contribution is 7.09. The van der Waals surface area contributed by atoms with Gasteiger partial charge in [-0.05, 0) is 30.2 Å². The van der Waals surface area contributed by atoms with Crippen molar-refractivity contribution in [3.63, 3.8) is 0 Å². The predicted molar refractivity (Wildman–Crippen MR) is 99.0 cm³/mol. The van der Waals surface area contributed by atoms with Gasteiger partial charge in [0.2, 0.25) is 5.91 Å². The molecule has 0 atom stereocenters. The van der Waals surface area contributed by atoms with Gasteiger partial charge in [0.15, 0.2) is 0 Å². The molecule has 4 nitrogen and oxygen atoms in total. The lowest BCUT2D eigenvalue weighted by Crippen LogP contribution is -2.30. The van der Waals surface area contributed by atoms with Gasteiger partial charge in [0.05, 0.1) is 12.1 Å². The van der Waals surface area contributed by atoms with Gasteiger partial charge in [0.25, 0.3) is 0 Å². The Kier molecular flexibility index (Phi) is 4.67. The van der Waals surface area contributed by atoms with Crippen LogP contribution in [0.1, 0.15) is 16.3 Å². The van der Waals surface area contributed by atoms with Crippen LogP contribution in [0.4, 0.5) is 10.1 Å². The Bertz CT molecular complexity index is 941. The summed E-state index contributed by atoms with van der Waals surface area (Å²) in [6.07, 6.45) is 1.16. The number of anilines is 1. The topological polar surface area (TPSA) is 42.4 Å². The van der Waals surface area contributed by atoms with E-state index in [-0.39, 0.29) is 24.8 Å². The lowest BCUT2D eigenvalue weighted by Gasteiger charge is -2.16. The first-order valence-electron chi connectivity index (χ1n) is 8.39. The molecule has 0 unspecified atom stereocenters. The number of nitrogens with zero attached hydrogens (tertiary/aromatic N) is 2. The van der Waals surface area contributed by atoms with Gasteiger partial charge in [-0.15, -0.1) is 11.3 Å².